The number of aryl methyl sites for hydroxylation is 2. The molecule has 6 nitrogen and oxygen atoms in total. The summed E-state index contributed by atoms with van der Waals surface area (Å²) in [6, 6.07) is 16.6. The van der Waals surface area contributed by atoms with Crippen molar-refractivity contribution in [2.45, 2.75) is 25.7 Å². The molecule has 0 aliphatic rings. The number of nitrogens with one attached hydrogen (secondary N) is 1. The maximum absolute atomic E-state index is 13.0. The Balaban J connectivity index is 1.95. The molecule has 4 N–H and O–H groups in total. The Labute approximate surface area is 186 Å². The molecule has 0 fully saturated rings. The Morgan fingerprint density at radius 2 is 1.44 bits per heavy atom. The van der Waals surface area contributed by atoms with Gasteiger partial charge in [0.2, 0.25) is 0 Å². The van der Waals surface area contributed by atoms with Gasteiger partial charge in [-0.05, 0) is 66.9 Å². The summed E-state index contributed by atoms with van der Waals surface area (Å²) in [5.74, 6) is -0.826. The molecular formula is C25H23NO5S. The molecule has 0 aliphatic heterocycles. The third kappa shape index (κ3) is 3.61. The smallest absolute Gasteiger partial charge is 0.261 e. The predicted octanol–water partition coefficient (Wildman–Crippen LogP) is 5.35. The summed E-state index contributed by atoms with van der Waals surface area (Å²) in [7, 11) is -3.89. The largest absolute Gasteiger partial charge is 0.507 e. The lowest BCUT2D eigenvalue weighted by atomic mass is 9.90. The lowest BCUT2D eigenvalue weighted by Crippen LogP contribution is -2.14. The summed E-state index contributed by atoms with van der Waals surface area (Å²) in [4.78, 5) is 0.112. The minimum atomic E-state index is -3.89. The molecule has 0 spiro atoms. The number of phenolic OH excluding ortho intramolecular Hbond substituents is 3. The van der Waals surface area contributed by atoms with E-state index < -0.39 is 10.0 Å². The molecule has 0 saturated carbocycles. The van der Waals surface area contributed by atoms with Crippen molar-refractivity contribution < 1.29 is 23.7 Å². The molecule has 0 aliphatic carbocycles. The standard InChI is InChI=1S/C25H23NO5S/c1-14-8-10-18(11-9-14)32(30,31)26-20-12-15(2)24(28)22(16(20)3)23-19-7-5-4-6-17(19)13-21(27)25(23)29/h4-13,26-29H,1-3H3. The van der Waals surface area contributed by atoms with Crippen molar-refractivity contribution in [3.63, 3.8) is 0 Å². The summed E-state index contributed by atoms with van der Waals surface area (Å²) < 4.78 is 28.6. The Morgan fingerprint density at radius 1 is 0.781 bits per heavy atom. The number of hydrogen-bond acceptors (Lipinski definition) is 5. The van der Waals surface area contributed by atoms with Crippen LogP contribution < -0.4 is 4.72 Å². The molecule has 0 saturated heterocycles. The molecule has 7 heteroatoms. The van der Waals surface area contributed by atoms with Gasteiger partial charge >= 0.3 is 0 Å². The third-order valence-electron chi connectivity index (χ3n) is 5.58. The molecule has 4 aromatic rings. The van der Waals surface area contributed by atoms with E-state index in [2.05, 4.69) is 4.72 Å². The number of sulfonamides is 1. The highest BCUT2D eigenvalue weighted by Crippen LogP contribution is 2.49. The minimum absolute atomic E-state index is 0.105. The molecule has 4 rings (SSSR count). The number of aromatic hydroxyl groups is 3. The lowest BCUT2D eigenvalue weighted by Gasteiger charge is -2.20. The Bertz CT molecular complexity index is 1460. The van der Waals surface area contributed by atoms with Gasteiger partial charge in [-0.1, -0.05) is 42.0 Å². The average molecular weight is 450 g/mol. The summed E-state index contributed by atoms with van der Waals surface area (Å²) >= 11 is 0. The highest BCUT2D eigenvalue weighted by atomic mass is 32.2. The minimum Gasteiger partial charge on any atom is -0.507 e. The van der Waals surface area contributed by atoms with Gasteiger partial charge in [0.1, 0.15) is 5.75 Å². The van der Waals surface area contributed by atoms with Gasteiger partial charge in [-0.2, -0.15) is 0 Å². The Hall–Kier alpha value is -3.71. The SMILES string of the molecule is Cc1ccc(S(=O)(=O)Nc2cc(C)c(O)c(-c3c(O)c(O)cc4ccccc34)c2C)cc1. The van der Waals surface area contributed by atoms with Crippen LogP contribution in [0.25, 0.3) is 21.9 Å². The fourth-order valence-electron chi connectivity index (χ4n) is 3.81. The molecule has 164 valence electrons. The Morgan fingerprint density at radius 3 is 2.12 bits per heavy atom. The molecule has 0 bridgehead atoms. The molecule has 0 radical (unpaired) electrons. The molecule has 0 amide bonds. The van der Waals surface area contributed by atoms with Crippen molar-refractivity contribution in [3.8, 4) is 28.4 Å². The number of hydrogen-bond donors (Lipinski definition) is 4. The van der Waals surface area contributed by atoms with E-state index in [1.54, 1.807) is 56.3 Å². The molecule has 0 heterocycles. The van der Waals surface area contributed by atoms with Crippen LogP contribution in [-0.4, -0.2) is 23.7 Å². The highest BCUT2D eigenvalue weighted by Gasteiger charge is 2.24. The first kappa shape index (κ1) is 21.5. The number of benzene rings is 4. The first-order valence-corrected chi connectivity index (χ1v) is 11.4. The van der Waals surface area contributed by atoms with Crippen molar-refractivity contribution >= 4 is 26.5 Å². The van der Waals surface area contributed by atoms with Crippen LogP contribution in [0.2, 0.25) is 0 Å². The zero-order chi connectivity index (χ0) is 23.2. The van der Waals surface area contributed by atoms with E-state index in [0.29, 0.717) is 21.9 Å². The monoisotopic (exact) mass is 449 g/mol. The molecular weight excluding hydrogens is 426 g/mol. The van der Waals surface area contributed by atoms with Crippen molar-refractivity contribution in [2.24, 2.45) is 0 Å². The van der Waals surface area contributed by atoms with Crippen LogP contribution in [-0.2, 0) is 10.0 Å². The number of rotatable bonds is 4. The zero-order valence-corrected chi connectivity index (χ0v) is 18.7. The van der Waals surface area contributed by atoms with Gasteiger partial charge in [-0.3, -0.25) is 4.72 Å². The van der Waals surface area contributed by atoms with Crippen molar-refractivity contribution in [3.05, 3.63) is 77.4 Å². The maximum atomic E-state index is 13.0. The van der Waals surface area contributed by atoms with E-state index >= 15 is 0 Å². The Kier molecular flexibility index (Phi) is 5.22. The highest BCUT2D eigenvalue weighted by molar-refractivity contribution is 7.92. The van der Waals surface area contributed by atoms with E-state index in [9.17, 15) is 23.7 Å². The van der Waals surface area contributed by atoms with Crippen LogP contribution in [0.4, 0.5) is 5.69 Å². The predicted molar refractivity (Wildman–Crippen MR) is 126 cm³/mol. The topological polar surface area (TPSA) is 107 Å². The summed E-state index contributed by atoms with van der Waals surface area (Å²) in [5, 5.41) is 33.2. The zero-order valence-electron chi connectivity index (χ0n) is 17.8. The van der Waals surface area contributed by atoms with Gasteiger partial charge in [-0.25, -0.2) is 8.42 Å². The van der Waals surface area contributed by atoms with Gasteiger partial charge in [0.25, 0.3) is 10.0 Å². The molecule has 0 unspecified atom stereocenters. The van der Waals surface area contributed by atoms with Crippen LogP contribution in [0.15, 0.2) is 65.6 Å². The van der Waals surface area contributed by atoms with Crippen LogP contribution in [0.3, 0.4) is 0 Å². The average Bonchev–Trinajstić information content (AvgIpc) is 2.75. The fourth-order valence-corrected chi connectivity index (χ4v) is 4.92. The summed E-state index contributed by atoms with van der Waals surface area (Å²) in [6.07, 6.45) is 0. The van der Waals surface area contributed by atoms with Gasteiger partial charge in [0.15, 0.2) is 11.5 Å². The normalized spacial score (nSPS) is 11.6. The van der Waals surface area contributed by atoms with E-state index in [0.717, 1.165) is 5.56 Å². The van der Waals surface area contributed by atoms with Gasteiger partial charge < -0.3 is 15.3 Å². The van der Waals surface area contributed by atoms with Crippen LogP contribution in [0, 0.1) is 20.8 Å². The van der Waals surface area contributed by atoms with E-state index in [-0.39, 0.29) is 39.0 Å². The van der Waals surface area contributed by atoms with Crippen molar-refractivity contribution in [1.29, 1.82) is 0 Å². The quantitative estimate of drug-likeness (QED) is 0.248. The second-order valence-electron chi connectivity index (χ2n) is 7.85. The van der Waals surface area contributed by atoms with Crippen molar-refractivity contribution in [1.82, 2.24) is 0 Å². The molecule has 4 aromatic carbocycles. The summed E-state index contributed by atoms with van der Waals surface area (Å²) in [5.41, 5.74) is 2.51. The maximum Gasteiger partial charge on any atom is 0.261 e. The molecule has 32 heavy (non-hydrogen) atoms. The van der Waals surface area contributed by atoms with Gasteiger partial charge in [0.05, 0.1) is 10.6 Å². The van der Waals surface area contributed by atoms with Crippen LogP contribution in [0.1, 0.15) is 16.7 Å². The van der Waals surface area contributed by atoms with Crippen LogP contribution >= 0.6 is 0 Å². The first-order chi connectivity index (χ1) is 15.1. The van der Waals surface area contributed by atoms with Crippen LogP contribution in [0.5, 0.6) is 17.2 Å². The van der Waals surface area contributed by atoms with Gasteiger partial charge in [-0.15, -0.1) is 0 Å². The summed E-state index contributed by atoms with van der Waals surface area (Å²) in [6.45, 7) is 5.17. The lowest BCUT2D eigenvalue weighted by molar-refractivity contribution is 0.405. The third-order valence-corrected chi connectivity index (χ3v) is 6.96. The number of anilines is 1. The first-order valence-electron chi connectivity index (χ1n) is 9.97. The van der Waals surface area contributed by atoms with E-state index in [1.807, 2.05) is 6.92 Å². The van der Waals surface area contributed by atoms with Gasteiger partial charge in [0, 0.05) is 11.1 Å². The fraction of sp³-hybridized carbons (Fsp3) is 0.120. The number of phenols is 3. The molecule has 0 atom stereocenters. The second-order valence-corrected chi connectivity index (χ2v) is 9.53. The van der Waals surface area contributed by atoms with Crippen molar-refractivity contribution in [2.75, 3.05) is 4.72 Å². The number of fused-ring (bicyclic) bond motifs is 1. The van der Waals surface area contributed by atoms with E-state index in [1.165, 1.54) is 18.2 Å². The second kappa shape index (κ2) is 7.76. The van der Waals surface area contributed by atoms with E-state index in [4.69, 9.17) is 0 Å². The molecule has 0 aromatic heterocycles.